The maximum absolute atomic E-state index is 12.0. The summed E-state index contributed by atoms with van der Waals surface area (Å²) in [5.41, 5.74) is 6.65. The number of nitrogens with one attached hydrogen (secondary N) is 1. The number of hydrogen-bond acceptors (Lipinski definition) is 6. The maximum atomic E-state index is 12.0. The molecule has 2 unspecified atom stereocenters. The summed E-state index contributed by atoms with van der Waals surface area (Å²) in [5.74, 6) is -0.597. The number of nitro groups is 1. The van der Waals surface area contributed by atoms with E-state index in [1.54, 1.807) is 30.7 Å². The monoisotopic (exact) mass is 379 g/mol. The standard InChI is InChI=1S/C20H21N5O3/c21-19(26)18(16-5-1-6-17(10-16)25(27)28)24-14-20(7-3-9-23-13-20)11-15-4-2-8-22-12-15/h1-10,12,18,24H,11,13-14H2,(H2,21,26). The summed E-state index contributed by atoms with van der Waals surface area (Å²) in [6, 6.07) is 8.97. The molecule has 1 aromatic carbocycles. The highest BCUT2D eigenvalue weighted by Gasteiger charge is 2.31. The zero-order valence-electron chi connectivity index (χ0n) is 15.2. The van der Waals surface area contributed by atoms with Gasteiger partial charge in [0.15, 0.2) is 0 Å². The van der Waals surface area contributed by atoms with Gasteiger partial charge in [0.1, 0.15) is 6.04 Å². The van der Waals surface area contributed by atoms with Crippen LogP contribution in [0.4, 0.5) is 5.69 Å². The Hall–Kier alpha value is -3.39. The minimum absolute atomic E-state index is 0.0854. The largest absolute Gasteiger partial charge is 0.368 e. The molecule has 1 aromatic heterocycles. The van der Waals surface area contributed by atoms with Crippen LogP contribution in [0.5, 0.6) is 0 Å². The van der Waals surface area contributed by atoms with Crippen molar-refractivity contribution < 1.29 is 9.72 Å². The molecule has 1 aliphatic heterocycles. The Balaban J connectivity index is 1.81. The fraction of sp³-hybridized carbons (Fsp3) is 0.250. The fourth-order valence-corrected chi connectivity index (χ4v) is 3.30. The average molecular weight is 379 g/mol. The molecule has 0 aliphatic carbocycles. The summed E-state index contributed by atoms with van der Waals surface area (Å²) in [5, 5.41) is 14.2. The van der Waals surface area contributed by atoms with E-state index in [2.05, 4.69) is 21.4 Å². The van der Waals surface area contributed by atoms with E-state index in [0.29, 0.717) is 25.1 Å². The predicted molar refractivity (Wildman–Crippen MR) is 106 cm³/mol. The second kappa shape index (κ2) is 8.53. The first-order chi connectivity index (χ1) is 13.5. The van der Waals surface area contributed by atoms with Crippen LogP contribution in [0.25, 0.3) is 0 Å². The van der Waals surface area contributed by atoms with Crippen LogP contribution in [0.1, 0.15) is 17.2 Å². The number of aromatic nitrogens is 1. The molecule has 2 aromatic rings. The lowest BCUT2D eigenvalue weighted by molar-refractivity contribution is -0.384. The maximum Gasteiger partial charge on any atom is 0.269 e. The van der Waals surface area contributed by atoms with Gasteiger partial charge in [-0.3, -0.25) is 24.9 Å². The second-order valence-corrected chi connectivity index (χ2v) is 6.82. The van der Waals surface area contributed by atoms with Crippen molar-refractivity contribution in [2.45, 2.75) is 12.5 Å². The number of amides is 1. The van der Waals surface area contributed by atoms with Gasteiger partial charge in [0, 0.05) is 49.2 Å². The van der Waals surface area contributed by atoms with E-state index >= 15 is 0 Å². The number of primary amides is 1. The number of nitro benzene ring substituents is 1. The van der Waals surface area contributed by atoms with E-state index in [0.717, 1.165) is 5.56 Å². The van der Waals surface area contributed by atoms with Crippen molar-refractivity contribution in [3.05, 3.63) is 82.2 Å². The summed E-state index contributed by atoms with van der Waals surface area (Å²) in [7, 11) is 0. The Morgan fingerprint density at radius 1 is 1.36 bits per heavy atom. The Labute approximate surface area is 162 Å². The Kier molecular flexibility index (Phi) is 5.90. The molecular weight excluding hydrogens is 358 g/mol. The highest BCUT2D eigenvalue weighted by atomic mass is 16.6. The molecule has 0 radical (unpaired) electrons. The number of pyridine rings is 1. The van der Waals surface area contributed by atoms with Gasteiger partial charge >= 0.3 is 0 Å². The zero-order valence-corrected chi connectivity index (χ0v) is 15.2. The number of nitrogens with two attached hydrogens (primary N) is 1. The fourth-order valence-electron chi connectivity index (χ4n) is 3.30. The molecule has 2 heterocycles. The number of nitrogens with zero attached hydrogens (tertiary/aromatic N) is 3. The van der Waals surface area contributed by atoms with Gasteiger partial charge in [0.2, 0.25) is 5.91 Å². The van der Waals surface area contributed by atoms with Crippen molar-refractivity contribution in [1.82, 2.24) is 10.3 Å². The van der Waals surface area contributed by atoms with Crippen LogP contribution in [-0.2, 0) is 11.2 Å². The number of carbonyl (C=O) groups excluding carboxylic acids is 1. The SMILES string of the molecule is NC(=O)C(NCC1(Cc2cccnc2)C=CC=NC1)c1cccc([N+](=O)[O-])c1. The van der Waals surface area contributed by atoms with Gasteiger partial charge in [-0.25, -0.2) is 0 Å². The van der Waals surface area contributed by atoms with Gasteiger partial charge in [-0.1, -0.05) is 24.3 Å². The number of hydrogen-bond donors (Lipinski definition) is 2. The number of allylic oxidation sites excluding steroid dienone is 1. The van der Waals surface area contributed by atoms with E-state index < -0.39 is 16.9 Å². The molecule has 0 saturated carbocycles. The Bertz CT molecular complexity index is 913. The quantitative estimate of drug-likeness (QED) is 0.536. The van der Waals surface area contributed by atoms with Crippen molar-refractivity contribution in [2.24, 2.45) is 16.1 Å². The summed E-state index contributed by atoms with van der Waals surface area (Å²) in [4.78, 5) is 31.1. The first-order valence-corrected chi connectivity index (χ1v) is 8.83. The molecule has 0 spiro atoms. The third-order valence-corrected chi connectivity index (χ3v) is 4.68. The average Bonchev–Trinajstić information content (AvgIpc) is 2.69. The summed E-state index contributed by atoms with van der Waals surface area (Å²) >= 11 is 0. The normalized spacial score (nSPS) is 19.3. The molecule has 144 valence electrons. The first kappa shape index (κ1) is 19.4. The third-order valence-electron chi connectivity index (χ3n) is 4.68. The molecule has 1 aliphatic rings. The van der Waals surface area contributed by atoms with Crippen LogP contribution in [0.2, 0.25) is 0 Å². The number of non-ortho nitro benzene ring substituents is 1. The minimum atomic E-state index is -0.843. The zero-order chi connectivity index (χ0) is 20.0. The van der Waals surface area contributed by atoms with E-state index in [9.17, 15) is 14.9 Å². The number of dihydropyridines is 1. The van der Waals surface area contributed by atoms with Crippen LogP contribution in [-0.4, -0.2) is 35.1 Å². The third kappa shape index (κ3) is 4.66. The molecular formula is C20H21N5O3. The van der Waals surface area contributed by atoms with Crippen molar-refractivity contribution in [3.63, 3.8) is 0 Å². The van der Waals surface area contributed by atoms with E-state index in [1.165, 1.54) is 12.1 Å². The number of rotatable bonds is 8. The molecule has 2 atom stereocenters. The number of aliphatic imine (C=N–C) groups is 1. The minimum Gasteiger partial charge on any atom is -0.368 e. The van der Waals surface area contributed by atoms with Crippen LogP contribution in [0.3, 0.4) is 0 Å². The van der Waals surface area contributed by atoms with Crippen molar-refractivity contribution in [2.75, 3.05) is 13.1 Å². The second-order valence-electron chi connectivity index (χ2n) is 6.82. The molecule has 3 N–H and O–H groups in total. The lowest BCUT2D eigenvalue weighted by atomic mass is 9.80. The molecule has 0 bridgehead atoms. The molecule has 8 nitrogen and oxygen atoms in total. The molecule has 8 heteroatoms. The van der Waals surface area contributed by atoms with Gasteiger partial charge < -0.3 is 11.1 Å². The van der Waals surface area contributed by atoms with Crippen LogP contribution < -0.4 is 11.1 Å². The topological polar surface area (TPSA) is 124 Å². The summed E-state index contributed by atoms with van der Waals surface area (Å²) in [6.45, 7) is 0.970. The first-order valence-electron chi connectivity index (χ1n) is 8.83. The number of benzene rings is 1. The van der Waals surface area contributed by atoms with Crippen LogP contribution in [0, 0.1) is 15.5 Å². The highest BCUT2D eigenvalue weighted by molar-refractivity contribution is 5.81. The molecule has 0 fully saturated rings. The lowest BCUT2D eigenvalue weighted by Crippen LogP contribution is -2.43. The van der Waals surface area contributed by atoms with Crippen molar-refractivity contribution in [3.8, 4) is 0 Å². The van der Waals surface area contributed by atoms with Gasteiger partial charge in [0.25, 0.3) is 5.69 Å². The predicted octanol–water partition coefficient (Wildman–Crippen LogP) is 1.98. The summed E-state index contributed by atoms with van der Waals surface area (Å²) in [6.07, 6.45) is 9.89. The van der Waals surface area contributed by atoms with E-state index in [4.69, 9.17) is 5.73 Å². The molecule has 28 heavy (non-hydrogen) atoms. The van der Waals surface area contributed by atoms with Gasteiger partial charge in [-0.15, -0.1) is 0 Å². The van der Waals surface area contributed by atoms with Crippen LogP contribution >= 0.6 is 0 Å². The van der Waals surface area contributed by atoms with Crippen molar-refractivity contribution >= 4 is 17.8 Å². The molecule has 1 amide bonds. The van der Waals surface area contributed by atoms with E-state index in [-0.39, 0.29) is 11.1 Å². The number of carbonyl (C=O) groups is 1. The van der Waals surface area contributed by atoms with Crippen molar-refractivity contribution in [1.29, 1.82) is 0 Å². The molecule has 0 saturated heterocycles. The molecule has 3 rings (SSSR count). The summed E-state index contributed by atoms with van der Waals surface area (Å²) < 4.78 is 0. The van der Waals surface area contributed by atoms with E-state index in [1.807, 2.05) is 18.2 Å². The smallest absolute Gasteiger partial charge is 0.269 e. The van der Waals surface area contributed by atoms with Crippen LogP contribution in [0.15, 0.2) is 65.9 Å². The van der Waals surface area contributed by atoms with Gasteiger partial charge in [-0.05, 0) is 29.7 Å². The Morgan fingerprint density at radius 3 is 2.86 bits per heavy atom. The van der Waals surface area contributed by atoms with Gasteiger partial charge in [0.05, 0.1) is 4.92 Å². The highest BCUT2D eigenvalue weighted by Crippen LogP contribution is 2.28. The van der Waals surface area contributed by atoms with Gasteiger partial charge in [-0.2, -0.15) is 0 Å². The Morgan fingerprint density at radius 2 is 2.21 bits per heavy atom. The lowest BCUT2D eigenvalue weighted by Gasteiger charge is -2.32.